The van der Waals surface area contributed by atoms with Gasteiger partial charge in [-0.25, -0.2) is 8.78 Å². The van der Waals surface area contributed by atoms with E-state index in [0.29, 0.717) is 19.5 Å². The second kappa shape index (κ2) is 6.10. The van der Waals surface area contributed by atoms with Gasteiger partial charge in [-0.2, -0.15) is 0 Å². The van der Waals surface area contributed by atoms with Gasteiger partial charge in [-0.15, -0.1) is 11.8 Å². The summed E-state index contributed by atoms with van der Waals surface area (Å²) in [5.41, 5.74) is -0.848. The van der Waals surface area contributed by atoms with E-state index < -0.39 is 17.2 Å². The second-order valence-corrected chi connectivity index (χ2v) is 6.30. The van der Waals surface area contributed by atoms with Gasteiger partial charge < -0.3 is 10.0 Å². The van der Waals surface area contributed by atoms with Crippen molar-refractivity contribution in [1.29, 1.82) is 0 Å². The number of aliphatic hydroxyl groups is 1. The molecule has 1 aliphatic heterocycles. The van der Waals surface area contributed by atoms with Crippen LogP contribution in [0.1, 0.15) is 19.8 Å². The van der Waals surface area contributed by atoms with Crippen molar-refractivity contribution in [3.8, 4) is 0 Å². The number of likely N-dealkylation sites (tertiary alicyclic amines) is 1. The highest BCUT2D eigenvalue weighted by Gasteiger charge is 2.30. The molecule has 3 nitrogen and oxygen atoms in total. The molecule has 0 radical (unpaired) electrons. The third-order valence-corrected chi connectivity index (χ3v) is 4.31. The van der Waals surface area contributed by atoms with E-state index in [2.05, 4.69) is 0 Å². The fraction of sp³-hybridized carbons (Fsp3) is 0.500. The van der Waals surface area contributed by atoms with E-state index in [4.69, 9.17) is 0 Å². The molecule has 1 N–H and O–H groups in total. The van der Waals surface area contributed by atoms with Crippen molar-refractivity contribution in [2.45, 2.75) is 30.3 Å². The number of amides is 1. The zero-order valence-electron chi connectivity index (χ0n) is 11.2. The SMILES string of the molecule is CC1(O)CCCN(C(=O)CSc2ccc(F)cc2F)C1. The molecule has 1 aromatic carbocycles. The fourth-order valence-corrected chi connectivity index (χ4v) is 3.08. The number of β-amino-alcohol motifs (C(OH)–C–C–N with tert-alkyl or cyclic N) is 1. The van der Waals surface area contributed by atoms with Crippen LogP contribution in [0, 0.1) is 11.6 Å². The minimum absolute atomic E-state index is 0.0820. The maximum absolute atomic E-state index is 13.4. The average molecular weight is 301 g/mol. The Labute approximate surface area is 121 Å². The van der Waals surface area contributed by atoms with Crippen LogP contribution < -0.4 is 0 Å². The molecule has 1 fully saturated rings. The standard InChI is InChI=1S/C14H17F2NO2S/c1-14(19)5-2-6-17(9-14)13(18)8-20-12-4-3-10(15)7-11(12)16/h3-4,7,19H,2,5-6,8-9H2,1H3. The summed E-state index contributed by atoms with van der Waals surface area (Å²) in [6, 6.07) is 3.30. The lowest BCUT2D eigenvalue weighted by atomic mass is 9.95. The number of thioether (sulfide) groups is 1. The highest BCUT2D eigenvalue weighted by molar-refractivity contribution is 8.00. The van der Waals surface area contributed by atoms with Crippen LogP contribution in [-0.4, -0.2) is 40.4 Å². The lowest BCUT2D eigenvalue weighted by molar-refractivity contribution is -0.134. The van der Waals surface area contributed by atoms with E-state index in [1.165, 1.54) is 12.1 Å². The monoisotopic (exact) mass is 301 g/mol. The minimum Gasteiger partial charge on any atom is -0.388 e. The molecule has 110 valence electrons. The first kappa shape index (κ1) is 15.3. The molecular formula is C14H17F2NO2S. The van der Waals surface area contributed by atoms with Crippen LogP contribution >= 0.6 is 11.8 Å². The smallest absolute Gasteiger partial charge is 0.233 e. The van der Waals surface area contributed by atoms with Gasteiger partial charge in [-0.05, 0) is 31.9 Å². The van der Waals surface area contributed by atoms with Gasteiger partial charge in [0, 0.05) is 24.1 Å². The Bertz CT molecular complexity index is 508. The second-order valence-electron chi connectivity index (χ2n) is 5.28. The molecule has 1 heterocycles. The molecule has 0 aliphatic carbocycles. The van der Waals surface area contributed by atoms with E-state index in [-0.39, 0.29) is 16.6 Å². The predicted molar refractivity (Wildman–Crippen MR) is 73.5 cm³/mol. The maximum Gasteiger partial charge on any atom is 0.233 e. The van der Waals surface area contributed by atoms with Gasteiger partial charge in [-0.1, -0.05) is 0 Å². The largest absolute Gasteiger partial charge is 0.388 e. The molecule has 1 saturated heterocycles. The quantitative estimate of drug-likeness (QED) is 0.872. The van der Waals surface area contributed by atoms with Crippen LogP contribution in [0.25, 0.3) is 0 Å². The van der Waals surface area contributed by atoms with Crippen LogP contribution in [0.2, 0.25) is 0 Å². The first-order valence-corrected chi connectivity index (χ1v) is 7.44. The highest BCUT2D eigenvalue weighted by Crippen LogP contribution is 2.25. The summed E-state index contributed by atoms with van der Waals surface area (Å²) < 4.78 is 26.2. The molecule has 6 heteroatoms. The topological polar surface area (TPSA) is 40.5 Å². The average Bonchev–Trinajstić information content (AvgIpc) is 2.36. The van der Waals surface area contributed by atoms with Crippen molar-refractivity contribution < 1.29 is 18.7 Å². The van der Waals surface area contributed by atoms with E-state index in [1.807, 2.05) is 0 Å². The lowest BCUT2D eigenvalue weighted by Crippen LogP contribution is -2.49. The van der Waals surface area contributed by atoms with Crippen molar-refractivity contribution in [1.82, 2.24) is 4.90 Å². The van der Waals surface area contributed by atoms with Crippen molar-refractivity contribution in [2.24, 2.45) is 0 Å². The number of piperidine rings is 1. The van der Waals surface area contributed by atoms with Gasteiger partial charge in [0.1, 0.15) is 11.6 Å². The molecular weight excluding hydrogens is 284 g/mol. The number of halogens is 2. The third-order valence-electron chi connectivity index (χ3n) is 3.27. The number of rotatable bonds is 3. The summed E-state index contributed by atoms with van der Waals surface area (Å²) in [6.45, 7) is 2.62. The van der Waals surface area contributed by atoms with Crippen LogP contribution in [0.3, 0.4) is 0 Å². The Morgan fingerprint density at radius 2 is 2.25 bits per heavy atom. The Kier molecular flexibility index (Phi) is 4.65. The van der Waals surface area contributed by atoms with Gasteiger partial charge in [0.05, 0.1) is 11.4 Å². The van der Waals surface area contributed by atoms with Crippen LogP contribution in [0.15, 0.2) is 23.1 Å². The Hall–Kier alpha value is -1.14. The number of nitrogens with zero attached hydrogens (tertiary/aromatic N) is 1. The predicted octanol–water partition coefficient (Wildman–Crippen LogP) is 2.43. The Morgan fingerprint density at radius 3 is 2.90 bits per heavy atom. The Morgan fingerprint density at radius 1 is 1.50 bits per heavy atom. The van der Waals surface area contributed by atoms with Gasteiger partial charge in [0.15, 0.2) is 0 Å². The van der Waals surface area contributed by atoms with Crippen molar-refractivity contribution in [3.05, 3.63) is 29.8 Å². The van der Waals surface area contributed by atoms with E-state index in [9.17, 15) is 18.7 Å². The van der Waals surface area contributed by atoms with Crippen LogP contribution in [-0.2, 0) is 4.79 Å². The first-order chi connectivity index (χ1) is 9.37. The number of hydrogen-bond donors (Lipinski definition) is 1. The fourth-order valence-electron chi connectivity index (χ4n) is 2.26. The van der Waals surface area contributed by atoms with Gasteiger partial charge in [-0.3, -0.25) is 4.79 Å². The molecule has 0 bridgehead atoms. The Balaban J connectivity index is 1.92. The number of hydrogen-bond acceptors (Lipinski definition) is 3. The number of carbonyl (C=O) groups excluding carboxylic acids is 1. The van der Waals surface area contributed by atoms with Crippen molar-refractivity contribution in [2.75, 3.05) is 18.8 Å². The van der Waals surface area contributed by atoms with E-state index in [1.54, 1.807) is 11.8 Å². The summed E-state index contributed by atoms with van der Waals surface area (Å²) in [7, 11) is 0. The van der Waals surface area contributed by atoms with Gasteiger partial charge in [0.2, 0.25) is 5.91 Å². The minimum atomic E-state index is -0.848. The van der Waals surface area contributed by atoms with E-state index in [0.717, 1.165) is 24.2 Å². The summed E-state index contributed by atoms with van der Waals surface area (Å²) in [4.78, 5) is 13.9. The van der Waals surface area contributed by atoms with Gasteiger partial charge in [0.25, 0.3) is 0 Å². The molecule has 1 aliphatic rings. The highest BCUT2D eigenvalue weighted by atomic mass is 32.2. The molecule has 1 unspecified atom stereocenters. The zero-order valence-corrected chi connectivity index (χ0v) is 12.1. The van der Waals surface area contributed by atoms with Crippen molar-refractivity contribution >= 4 is 17.7 Å². The summed E-state index contributed by atoms with van der Waals surface area (Å²) in [6.07, 6.45) is 1.44. The maximum atomic E-state index is 13.4. The van der Waals surface area contributed by atoms with Crippen LogP contribution in [0.5, 0.6) is 0 Å². The molecule has 0 aromatic heterocycles. The van der Waals surface area contributed by atoms with E-state index >= 15 is 0 Å². The molecule has 1 atom stereocenters. The molecule has 1 aromatic rings. The number of carbonyl (C=O) groups is 1. The lowest BCUT2D eigenvalue weighted by Gasteiger charge is -2.36. The summed E-state index contributed by atoms with van der Waals surface area (Å²) in [5.74, 6) is -1.35. The van der Waals surface area contributed by atoms with Crippen LogP contribution in [0.4, 0.5) is 8.78 Å². The van der Waals surface area contributed by atoms with Gasteiger partial charge >= 0.3 is 0 Å². The van der Waals surface area contributed by atoms with Crippen molar-refractivity contribution in [3.63, 3.8) is 0 Å². The molecule has 0 saturated carbocycles. The number of benzene rings is 1. The summed E-state index contributed by atoms with van der Waals surface area (Å²) >= 11 is 1.04. The molecule has 20 heavy (non-hydrogen) atoms. The molecule has 1 amide bonds. The first-order valence-electron chi connectivity index (χ1n) is 6.45. The molecule has 0 spiro atoms. The normalized spacial score (nSPS) is 22.9. The third kappa shape index (κ3) is 3.93. The molecule has 2 rings (SSSR count). The zero-order chi connectivity index (χ0) is 14.8. The summed E-state index contributed by atoms with van der Waals surface area (Å²) in [5, 5.41) is 9.95.